The van der Waals surface area contributed by atoms with Crippen LogP contribution in [0.2, 0.25) is 0 Å². The first kappa shape index (κ1) is 12.5. The molecule has 1 aromatic rings. The van der Waals surface area contributed by atoms with Gasteiger partial charge in [0.2, 0.25) is 0 Å². The average molecular weight is 261 g/mol. The normalized spacial score (nSPS) is 26.3. The summed E-state index contributed by atoms with van der Waals surface area (Å²) in [5.41, 5.74) is 1.39. The number of fused-ring (bicyclic) bond motifs is 1. The Balaban J connectivity index is 1.88. The number of amides is 1. The molecule has 1 saturated carbocycles. The molecule has 0 bridgehead atoms. The fourth-order valence-electron chi connectivity index (χ4n) is 3.15. The van der Waals surface area contributed by atoms with Crippen LogP contribution in [0.25, 0.3) is 0 Å². The Bertz CT molecular complexity index is 500. The van der Waals surface area contributed by atoms with E-state index in [1.54, 1.807) is 12.1 Å². The molecule has 19 heavy (non-hydrogen) atoms. The van der Waals surface area contributed by atoms with Gasteiger partial charge in [-0.3, -0.25) is 4.79 Å². The molecule has 3 rings (SSSR count). The molecule has 1 amide bonds. The minimum atomic E-state index is -0.0681. The van der Waals surface area contributed by atoms with Crippen molar-refractivity contribution >= 4 is 5.91 Å². The first-order valence-corrected chi connectivity index (χ1v) is 6.89. The molecule has 0 radical (unpaired) electrons. The Morgan fingerprint density at radius 1 is 1.42 bits per heavy atom. The van der Waals surface area contributed by atoms with Gasteiger partial charge in [0.15, 0.2) is 0 Å². The highest BCUT2D eigenvalue weighted by Gasteiger charge is 2.39. The molecule has 2 unspecified atom stereocenters. The fraction of sp³-hybridized carbons (Fsp3) is 0.533. The van der Waals surface area contributed by atoms with E-state index in [-0.39, 0.29) is 23.8 Å². The highest BCUT2D eigenvalue weighted by molar-refractivity contribution is 5.97. The number of nitrogens with zero attached hydrogens (tertiary/aromatic N) is 1. The maximum atomic E-state index is 12.6. The summed E-state index contributed by atoms with van der Waals surface area (Å²) in [7, 11) is 0. The summed E-state index contributed by atoms with van der Waals surface area (Å²) in [6.45, 7) is 3.14. The summed E-state index contributed by atoms with van der Waals surface area (Å²) in [4.78, 5) is 14.5. The summed E-state index contributed by atoms with van der Waals surface area (Å²) >= 11 is 0. The first-order valence-electron chi connectivity index (χ1n) is 6.89. The van der Waals surface area contributed by atoms with Gasteiger partial charge in [-0.2, -0.15) is 0 Å². The first-order chi connectivity index (χ1) is 9.16. The predicted octanol–water partition coefficient (Wildman–Crippen LogP) is 2.09. The van der Waals surface area contributed by atoms with E-state index in [4.69, 9.17) is 4.74 Å². The lowest BCUT2D eigenvalue weighted by Crippen LogP contribution is -2.51. The van der Waals surface area contributed by atoms with Gasteiger partial charge in [0.1, 0.15) is 5.75 Å². The number of phenols is 1. The molecule has 2 atom stereocenters. The molecule has 1 aliphatic carbocycles. The van der Waals surface area contributed by atoms with Gasteiger partial charge in [-0.1, -0.05) is 11.6 Å². The molecule has 102 valence electrons. The van der Waals surface area contributed by atoms with Gasteiger partial charge in [-0.15, -0.1) is 0 Å². The highest BCUT2D eigenvalue weighted by atomic mass is 16.5. The number of ether oxygens (including phenoxy) is 1. The minimum absolute atomic E-state index is 0.0663. The number of hydrogen-bond acceptors (Lipinski definition) is 3. The molecule has 4 heteroatoms. The van der Waals surface area contributed by atoms with Gasteiger partial charge in [0, 0.05) is 6.54 Å². The molecule has 1 saturated heterocycles. The summed E-state index contributed by atoms with van der Waals surface area (Å²) in [5, 5.41) is 9.90. The SMILES string of the molecule is Cc1ccc(O)c(C(=O)N2CCOC3CCCC32)c1. The van der Waals surface area contributed by atoms with E-state index < -0.39 is 0 Å². The monoisotopic (exact) mass is 261 g/mol. The van der Waals surface area contributed by atoms with Crippen LogP contribution in [-0.2, 0) is 4.74 Å². The topological polar surface area (TPSA) is 49.8 Å². The lowest BCUT2D eigenvalue weighted by atomic mass is 10.1. The van der Waals surface area contributed by atoms with E-state index in [2.05, 4.69) is 0 Å². The maximum Gasteiger partial charge on any atom is 0.258 e. The van der Waals surface area contributed by atoms with Crippen LogP contribution < -0.4 is 0 Å². The molecular weight excluding hydrogens is 242 g/mol. The van der Waals surface area contributed by atoms with Gasteiger partial charge in [0.05, 0.1) is 24.3 Å². The second-order valence-corrected chi connectivity index (χ2v) is 5.43. The van der Waals surface area contributed by atoms with Crippen molar-refractivity contribution in [3.8, 4) is 5.75 Å². The number of rotatable bonds is 1. The Kier molecular flexibility index (Phi) is 3.19. The predicted molar refractivity (Wildman–Crippen MR) is 71.3 cm³/mol. The van der Waals surface area contributed by atoms with E-state index >= 15 is 0 Å². The van der Waals surface area contributed by atoms with Crippen molar-refractivity contribution in [3.05, 3.63) is 29.3 Å². The third kappa shape index (κ3) is 2.21. The minimum Gasteiger partial charge on any atom is -0.507 e. The second kappa shape index (κ2) is 4.85. The molecule has 4 nitrogen and oxygen atoms in total. The molecule has 1 N–H and O–H groups in total. The summed E-state index contributed by atoms with van der Waals surface area (Å²) in [5.74, 6) is -0.00182. The van der Waals surface area contributed by atoms with Gasteiger partial charge < -0.3 is 14.7 Å². The zero-order chi connectivity index (χ0) is 13.4. The number of carbonyl (C=O) groups is 1. The largest absolute Gasteiger partial charge is 0.507 e. The van der Waals surface area contributed by atoms with Gasteiger partial charge in [-0.25, -0.2) is 0 Å². The van der Waals surface area contributed by atoms with Crippen LogP contribution in [0, 0.1) is 6.92 Å². The smallest absolute Gasteiger partial charge is 0.258 e. The summed E-state index contributed by atoms with van der Waals surface area (Å²) in [6, 6.07) is 5.34. The van der Waals surface area contributed by atoms with Crippen LogP contribution in [0.5, 0.6) is 5.75 Å². The number of aromatic hydroxyl groups is 1. The fourth-order valence-corrected chi connectivity index (χ4v) is 3.15. The Labute approximate surface area is 113 Å². The van der Waals surface area contributed by atoms with Crippen molar-refractivity contribution < 1.29 is 14.6 Å². The van der Waals surface area contributed by atoms with Crippen LogP contribution in [0.4, 0.5) is 0 Å². The van der Waals surface area contributed by atoms with Crippen LogP contribution in [0.15, 0.2) is 18.2 Å². The molecule has 1 aromatic carbocycles. The van der Waals surface area contributed by atoms with Crippen LogP contribution in [0.3, 0.4) is 0 Å². The quantitative estimate of drug-likeness (QED) is 0.842. The Morgan fingerprint density at radius 2 is 2.26 bits per heavy atom. The van der Waals surface area contributed by atoms with E-state index in [9.17, 15) is 9.90 Å². The number of benzene rings is 1. The molecule has 0 aromatic heterocycles. The third-order valence-corrected chi connectivity index (χ3v) is 4.13. The van der Waals surface area contributed by atoms with Crippen LogP contribution in [-0.4, -0.2) is 41.2 Å². The number of phenolic OH excluding ortho intramolecular Hbond substituents is 1. The molecule has 2 fully saturated rings. The third-order valence-electron chi connectivity index (χ3n) is 4.13. The van der Waals surface area contributed by atoms with Crippen molar-refractivity contribution in [2.24, 2.45) is 0 Å². The van der Waals surface area contributed by atoms with Crippen LogP contribution in [0.1, 0.15) is 35.2 Å². The van der Waals surface area contributed by atoms with E-state index in [0.717, 1.165) is 24.8 Å². The van der Waals surface area contributed by atoms with Crippen molar-refractivity contribution in [1.29, 1.82) is 0 Å². The number of hydrogen-bond donors (Lipinski definition) is 1. The highest BCUT2D eigenvalue weighted by Crippen LogP contribution is 2.32. The summed E-state index contributed by atoms with van der Waals surface area (Å²) in [6.07, 6.45) is 3.33. The molecule has 1 heterocycles. The summed E-state index contributed by atoms with van der Waals surface area (Å²) < 4.78 is 5.72. The molecule has 0 spiro atoms. The zero-order valence-electron chi connectivity index (χ0n) is 11.1. The lowest BCUT2D eigenvalue weighted by Gasteiger charge is -2.37. The lowest BCUT2D eigenvalue weighted by molar-refractivity contribution is -0.0446. The van der Waals surface area contributed by atoms with Crippen molar-refractivity contribution in [3.63, 3.8) is 0 Å². The van der Waals surface area contributed by atoms with Crippen molar-refractivity contribution in [2.75, 3.05) is 13.2 Å². The van der Waals surface area contributed by atoms with Gasteiger partial charge in [-0.05, 0) is 38.3 Å². The van der Waals surface area contributed by atoms with Crippen molar-refractivity contribution in [2.45, 2.75) is 38.3 Å². The van der Waals surface area contributed by atoms with Gasteiger partial charge in [0.25, 0.3) is 5.91 Å². The maximum absolute atomic E-state index is 12.6. The molecule has 1 aliphatic heterocycles. The van der Waals surface area contributed by atoms with E-state index in [1.807, 2.05) is 17.9 Å². The van der Waals surface area contributed by atoms with Crippen molar-refractivity contribution in [1.82, 2.24) is 4.90 Å². The van der Waals surface area contributed by atoms with Crippen LogP contribution >= 0.6 is 0 Å². The standard InChI is InChI=1S/C15H19NO3/c1-10-5-6-13(17)11(9-10)15(18)16-7-8-19-14-4-2-3-12(14)16/h5-6,9,12,14,17H,2-4,7-8H2,1H3. The Hall–Kier alpha value is -1.55. The van der Waals surface area contributed by atoms with Gasteiger partial charge >= 0.3 is 0 Å². The molecular formula is C15H19NO3. The zero-order valence-corrected chi connectivity index (χ0v) is 11.1. The van der Waals surface area contributed by atoms with E-state index in [0.29, 0.717) is 18.7 Å². The van der Waals surface area contributed by atoms with E-state index in [1.165, 1.54) is 0 Å². The number of morpholine rings is 1. The second-order valence-electron chi connectivity index (χ2n) is 5.43. The average Bonchev–Trinajstić information content (AvgIpc) is 2.89. The number of carbonyl (C=O) groups excluding carboxylic acids is 1. The number of aryl methyl sites for hydroxylation is 1. The Morgan fingerprint density at radius 3 is 3.11 bits per heavy atom. The molecule has 2 aliphatic rings.